The van der Waals surface area contributed by atoms with Crippen molar-refractivity contribution in [2.75, 3.05) is 13.1 Å². The topological polar surface area (TPSA) is 73.1 Å². The van der Waals surface area contributed by atoms with Gasteiger partial charge in [-0.15, -0.1) is 0 Å². The molecular formula is C14H17N5O2. The molecule has 1 amide bonds. The molecule has 1 aliphatic heterocycles. The molecule has 0 bridgehead atoms. The minimum atomic E-state index is 0.0288. The maximum Gasteiger partial charge on any atom is 0.257 e. The first-order valence-electron chi connectivity index (χ1n) is 6.93. The van der Waals surface area contributed by atoms with Crippen molar-refractivity contribution in [3.8, 4) is 5.88 Å². The zero-order valence-corrected chi connectivity index (χ0v) is 11.8. The normalized spacial score (nSPS) is 16.0. The fraction of sp³-hybridized carbons (Fsp3) is 0.429. The Labute approximate surface area is 122 Å². The van der Waals surface area contributed by atoms with Gasteiger partial charge in [0.2, 0.25) is 5.88 Å². The summed E-state index contributed by atoms with van der Waals surface area (Å²) in [5.41, 5.74) is 0.630. The van der Waals surface area contributed by atoms with E-state index in [2.05, 4.69) is 15.1 Å². The van der Waals surface area contributed by atoms with E-state index in [0.29, 0.717) is 24.5 Å². The van der Waals surface area contributed by atoms with E-state index >= 15 is 0 Å². The van der Waals surface area contributed by atoms with E-state index in [0.717, 1.165) is 12.8 Å². The van der Waals surface area contributed by atoms with Gasteiger partial charge in [0.15, 0.2) is 0 Å². The number of aryl methyl sites for hydroxylation is 1. The van der Waals surface area contributed by atoms with Crippen molar-refractivity contribution in [2.24, 2.45) is 7.05 Å². The van der Waals surface area contributed by atoms with E-state index < -0.39 is 0 Å². The van der Waals surface area contributed by atoms with Gasteiger partial charge in [-0.25, -0.2) is 4.98 Å². The number of hydrogen-bond donors (Lipinski definition) is 0. The SMILES string of the molecule is Cn1cc(C(=O)N2CCC(Oc3cnccn3)CC2)cn1. The number of nitrogens with zero attached hydrogens (tertiary/aromatic N) is 5. The van der Waals surface area contributed by atoms with Gasteiger partial charge in [0.25, 0.3) is 5.91 Å². The van der Waals surface area contributed by atoms with Gasteiger partial charge in [0.1, 0.15) is 6.10 Å². The monoisotopic (exact) mass is 287 g/mol. The van der Waals surface area contributed by atoms with Crippen LogP contribution in [-0.4, -0.2) is 49.7 Å². The van der Waals surface area contributed by atoms with E-state index in [-0.39, 0.29) is 12.0 Å². The number of rotatable bonds is 3. The second-order valence-electron chi connectivity index (χ2n) is 5.06. The summed E-state index contributed by atoms with van der Waals surface area (Å²) in [5, 5.41) is 4.03. The van der Waals surface area contributed by atoms with Crippen LogP contribution in [0.4, 0.5) is 0 Å². The van der Waals surface area contributed by atoms with Gasteiger partial charge in [-0.05, 0) is 0 Å². The molecule has 7 heteroatoms. The van der Waals surface area contributed by atoms with Crippen molar-refractivity contribution < 1.29 is 9.53 Å². The molecule has 2 aromatic heterocycles. The average Bonchev–Trinajstić information content (AvgIpc) is 2.95. The number of carbonyl (C=O) groups excluding carboxylic acids is 1. The molecule has 2 aromatic rings. The lowest BCUT2D eigenvalue weighted by molar-refractivity contribution is 0.0587. The van der Waals surface area contributed by atoms with Crippen LogP contribution in [0.3, 0.4) is 0 Å². The van der Waals surface area contributed by atoms with Gasteiger partial charge < -0.3 is 9.64 Å². The second kappa shape index (κ2) is 5.90. The number of ether oxygens (including phenoxy) is 1. The number of piperidine rings is 1. The van der Waals surface area contributed by atoms with Gasteiger partial charge in [0, 0.05) is 51.6 Å². The largest absolute Gasteiger partial charge is 0.473 e. The molecule has 21 heavy (non-hydrogen) atoms. The van der Waals surface area contributed by atoms with Crippen molar-refractivity contribution in [3.05, 3.63) is 36.5 Å². The van der Waals surface area contributed by atoms with Gasteiger partial charge >= 0.3 is 0 Å². The Kier molecular flexibility index (Phi) is 3.81. The molecule has 1 saturated heterocycles. The first kappa shape index (κ1) is 13.5. The van der Waals surface area contributed by atoms with Gasteiger partial charge in [-0.3, -0.25) is 14.5 Å². The van der Waals surface area contributed by atoms with Crippen molar-refractivity contribution >= 4 is 5.91 Å². The Balaban J connectivity index is 1.54. The fourth-order valence-electron chi connectivity index (χ4n) is 2.41. The van der Waals surface area contributed by atoms with Crippen LogP contribution in [0.25, 0.3) is 0 Å². The lowest BCUT2D eigenvalue weighted by Crippen LogP contribution is -2.41. The molecule has 0 atom stereocenters. The van der Waals surface area contributed by atoms with Gasteiger partial charge in [0.05, 0.1) is 18.0 Å². The number of amides is 1. The molecular weight excluding hydrogens is 270 g/mol. The minimum absolute atomic E-state index is 0.0288. The Hall–Kier alpha value is -2.44. The second-order valence-corrected chi connectivity index (χ2v) is 5.06. The maximum atomic E-state index is 12.3. The summed E-state index contributed by atoms with van der Waals surface area (Å²) in [4.78, 5) is 22.2. The van der Waals surface area contributed by atoms with Gasteiger partial charge in [-0.1, -0.05) is 0 Å². The molecule has 7 nitrogen and oxygen atoms in total. The molecule has 3 heterocycles. The summed E-state index contributed by atoms with van der Waals surface area (Å²) in [6.07, 6.45) is 9.84. The molecule has 0 aliphatic carbocycles. The molecule has 3 rings (SSSR count). The van der Waals surface area contributed by atoms with Crippen LogP contribution in [0.1, 0.15) is 23.2 Å². The Morgan fingerprint density at radius 2 is 2.10 bits per heavy atom. The first-order chi connectivity index (χ1) is 10.2. The van der Waals surface area contributed by atoms with E-state index in [1.54, 1.807) is 42.7 Å². The molecule has 0 spiro atoms. The van der Waals surface area contributed by atoms with Crippen LogP contribution < -0.4 is 4.74 Å². The molecule has 1 fully saturated rings. The van der Waals surface area contributed by atoms with Crippen molar-refractivity contribution in [1.29, 1.82) is 0 Å². The lowest BCUT2D eigenvalue weighted by atomic mass is 10.1. The molecule has 0 N–H and O–H groups in total. The molecule has 0 saturated carbocycles. The van der Waals surface area contributed by atoms with Crippen molar-refractivity contribution in [1.82, 2.24) is 24.6 Å². The standard InChI is InChI=1S/C14H17N5O2/c1-18-10-11(8-17-18)14(20)19-6-2-12(3-7-19)21-13-9-15-4-5-16-13/h4-5,8-10,12H,2-3,6-7H2,1H3. The summed E-state index contributed by atoms with van der Waals surface area (Å²) >= 11 is 0. The minimum Gasteiger partial charge on any atom is -0.473 e. The first-order valence-corrected chi connectivity index (χ1v) is 6.93. The number of likely N-dealkylation sites (tertiary alicyclic amines) is 1. The number of carbonyl (C=O) groups is 1. The zero-order chi connectivity index (χ0) is 14.7. The molecule has 0 radical (unpaired) electrons. The number of hydrogen-bond acceptors (Lipinski definition) is 5. The smallest absolute Gasteiger partial charge is 0.257 e. The van der Waals surface area contributed by atoms with Crippen LogP contribution in [0, 0.1) is 0 Å². The molecule has 0 aromatic carbocycles. The Morgan fingerprint density at radius 3 is 2.71 bits per heavy atom. The van der Waals surface area contributed by atoms with Crippen LogP contribution in [0.5, 0.6) is 5.88 Å². The summed E-state index contributed by atoms with van der Waals surface area (Å²) in [7, 11) is 1.80. The third-order valence-electron chi connectivity index (χ3n) is 3.51. The summed E-state index contributed by atoms with van der Waals surface area (Å²) in [5.74, 6) is 0.565. The fourth-order valence-corrected chi connectivity index (χ4v) is 2.41. The highest BCUT2D eigenvalue weighted by atomic mass is 16.5. The highest BCUT2D eigenvalue weighted by molar-refractivity contribution is 5.93. The van der Waals surface area contributed by atoms with Crippen LogP contribution in [0.2, 0.25) is 0 Å². The Morgan fingerprint density at radius 1 is 1.29 bits per heavy atom. The highest BCUT2D eigenvalue weighted by Gasteiger charge is 2.25. The quantitative estimate of drug-likeness (QED) is 0.838. The van der Waals surface area contributed by atoms with E-state index in [1.807, 2.05) is 4.90 Å². The predicted molar refractivity (Wildman–Crippen MR) is 74.8 cm³/mol. The van der Waals surface area contributed by atoms with Crippen molar-refractivity contribution in [3.63, 3.8) is 0 Å². The predicted octanol–water partition coefficient (Wildman–Crippen LogP) is 0.894. The summed E-state index contributed by atoms with van der Waals surface area (Å²) in [6.45, 7) is 1.36. The molecule has 0 unspecified atom stereocenters. The van der Waals surface area contributed by atoms with Crippen LogP contribution in [-0.2, 0) is 7.05 Å². The number of aromatic nitrogens is 4. The molecule has 1 aliphatic rings. The Bertz CT molecular complexity index is 605. The lowest BCUT2D eigenvalue weighted by Gasteiger charge is -2.31. The van der Waals surface area contributed by atoms with Crippen LogP contribution >= 0.6 is 0 Å². The average molecular weight is 287 g/mol. The molecule has 110 valence electrons. The summed E-state index contributed by atoms with van der Waals surface area (Å²) in [6, 6.07) is 0. The third-order valence-corrected chi connectivity index (χ3v) is 3.51. The van der Waals surface area contributed by atoms with Crippen LogP contribution in [0.15, 0.2) is 31.0 Å². The highest BCUT2D eigenvalue weighted by Crippen LogP contribution is 2.18. The van der Waals surface area contributed by atoms with Gasteiger partial charge in [-0.2, -0.15) is 5.10 Å². The van der Waals surface area contributed by atoms with Crippen molar-refractivity contribution in [2.45, 2.75) is 18.9 Å². The maximum absolute atomic E-state index is 12.3. The summed E-state index contributed by atoms with van der Waals surface area (Å²) < 4.78 is 7.40. The van der Waals surface area contributed by atoms with E-state index in [9.17, 15) is 4.79 Å². The van der Waals surface area contributed by atoms with E-state index in [1.165, 1.54) is 0 Å². The third kappa shape index (κ3) is 3.18. The van der Waals surface area contributed by atoms with E-state index in [4.69, 9.17) is 4.74 Å². The zero-order valence-electron chi connectivity index (χ0n) is 11.8.